The summed E-state index contributed by atoms with van der Waals surface area (Å²) in [6.45, 7) is 0. The molecule has 0 spiro atoms. The molecule has 0 saturated carbocycles. The van der Waals surface area contributed by atoms with Crippen molar-refractivity contribution in [1.29, 1.82) is 0 Å². The molecule has 18 heavy (non-hydrogen) atoms. The van der Waals surface area contributed by atoms with E-state index in [0.29, 0.717) is 0 Å². The number of hydrogen-bond donors (Lipinski definition) is 0. The highest BCUT2D eigenvalue weighted by atomic mass is 16.5. The number of benzene rings is 2. The van der Waals surface area contributed by atoms with Crippen LogP contribution in [0.25, 0.3) is 6.08 Å². The van der Waals surface area contributed by atoms with Crippen LogP contribution in [0.1, 0.15) is 23.7 Å². The van der Waals surface area contributed by atoms with Crippen LogP contribution in [0.2, 0.25) is 0 Å². The van der Waals surface area contributed by atoms with Crippen molar-refractivity contribution < 1.29 is 4.74 Å². The number of ether oxygens (including phenoxy) is 1. The topological polar surface area (TPSA) is 9.23 Å². The van der Waals surface area contributed by atoms with Crippen LogP contribution in [0.15, 0.2) is 66.7 Å². The lowest BCUT2D eigenvalue weighted by Gasteiger charge is -2.13. The Morgan fingerprint density at radius 3 is 2.17 bits per heavy atom. The lowest BCUT2D eigenvalue weighted by Crippen LogP contribution is -1.99. The zero-order chi connectivity index (χ0) is 12.6. The van der Waals surface area contributed by atoms with Crippen LogP contribution < -0.4 is 0 Å². The van der Waals surface area contributed by atoms with Crippen LogP contribution in [0.3, 0.4) is 0 Å². The molecule has 1 nitrogen and oxygen atoms in total. The summed E-state index contributed by atoms with van der Waals surface area (Å²) in [4.78, 5) is 0. The fourth-order valence-electron chi connectivity index (χ4n) is 1.93. The first kappa shape index (κ1) is 12.6. The molecule has 0 heterocycles. The molecule has 1 heteroatoms. The van der Waals surface area contributed by atoms with Crippen molar-refractivity contribution in [2.24, 2.45) is 0 Å². The molecule has 0 N–H and O–H groups in total. The normalized spacial score (nSPS) is 12.7. The average Bonchev–Trinajstić information content (AvgIpc) is 2.46. The van der Waals surface area contributed by atoms with E-state index in [9.17, 15) is 0 Å². The molecule has 0 aliphatic carbocycles. The van der Waals surface area contributed by atoms with Crippen molar-refractivity contribution in [3.05, 3.63) is 77.9 Å². The maximum absolute atomic E-state index is 5.52. The summed E-state index contributed by atoms with van der Waals surface area (Å²) >= 11 is 0. The van der Waals surface area contributed by atoms with E-state index in [1.165, 1.54) is 11.1 Å². The second kappa shape index (κ2) is 6.77. The van der Waals surface area contributed by atoms with Gasteiger partial charge in [0.05, 0.1) is 6.10 Å². The fraction of sp³-hybridized carbons (Fsp3) is 0.176. The minimum absolute atomic E-state index is 0.131. The van der Waals surface area contributed by atoms with E-state index in [1.807, 2.05) is 36.4 Å². The van der Waals surface area contributed by atoms with Gasteiger partial charge < -0.3 is 4.74 Å². The maximum atomic E-state index is 5.52. The predicted octanol–water partition coefficient (Wildman–Crippen LogP) is 4.48. The van der Waals surface area contributed by atoms with Crippen LogP contribution in [-0.2, 0) is 4.74 Å². The third-order valence-electron chi connectivity index (χ3n) is 2.92. The summed E-state index contributed by atoms with van der Waals surface area (Å²) in [7, 11) is 1.76. The van der Waals surface area contributed by atoms with Crippen molar-refractivity contribution >= 4 is 6.08 Å². The Bertz CT molecular complexity index is 473. The number of rotatable bonds is 5. The molecule has 0 aliphatic heterocycles. The second-order valence-electron chi connectivity index (χ2n) is 4.18. The highest BCUT2D eigenvalue weighted by Gasteiger charge is 2.06. The largest absolute Gasteiger partial charge is 0.376 e. The number of methoxy groups -OCH3 is 1. The van der Waals surface area contributed by atoms with Crippen LogP contribution in [-0.4, -0.2) is 7.11 Å². The van der Waals surface area contributed by atoms with E-state index in [-0.39, 0.29) is 6.10 Å². The summed E-state index contributed by atoms with van der Waals surface area (Å²) in [5, 5.41) is 0. The lowest BCUT2D eigenvalue weighted by atomic mass is 10.1. The van der Waals surface area contributed by atoms with Crippen LogP contribution in [0, 0.1) is 0 Å². The van der Waals surface area contributed by atoms with Gasteiger partial charge in [0.15, 0.2) is 0 Å². The molecular weight excluding hydrogens is 220 g/mol. The van der Waals surface area contributed by atoms with Gasteiger partial charge in [0, 0.05) is 7.11 Å². The summed E-state index contributed by atoms with van der Waals surface area (Å²) in [5.74, 6) is 0. The molecule has 0 aliphatic rings. The van der Waals surface area contributed by atoms with Gasteiger partial charge in [-0.2, -0.15) is 0 Å². The van der Waals surface area contributed by atoms with Crippen molar-refractivity contribution in [1.82, 2.24) is 0 Å². The first-order chi connectivity index (χ1) is 8.90. The molecule has 0 aromatic heterocycles. The SMILES string of the molecule is COC(C/C=C/c1ccccc1)c1ccccc1. The Hall–Kier alpha value is -1.86. The van der Waals surface area contributed by atoms with E-state index in [0.717, 1.165) is 6.42 Å². The third-order valence-corrected chi connectivity index (χ3v) is 2.92. The molecule has 0 radical (unpaired) electrons. The van der Waals surface area contributed by atoms with Crippen LogP contribution >= 0.6 is 0 Å². The molecule has 1 unspecified atom stereocenters. The molecule has 0 amide bonds. The number of hydrogen-bond acceptors (Lipinski definition) is 1. The molecular formula is C17H18O. The molecule has 2 rings (SSSR count). The van der Waals surface area contributed by atoms with Gasteiger partial charge in [0.25, 0.3) is 0 Å². The van der Waals surface area contributed by atoms with Gasteiger partial charge in [-0.3, -0.25) is 0 Å². The minimum Gasteiger partial charge on any atom is -0.376 e. The van der Waals surface area contributed by atoms with Gasteiger partial charge in [-0.05, 0) is 17.5 Å². The summed E-state index contributed by atoms with van der Waals surface area (Å²) in [5.41, 5.74) is 2.44. The monoisotopic (exact) mass is 238 g/mol. The van der Waals surface area contributed by atoms with Crippen molar-refractivity contribution in [2.75, 3.05) is 7.11 Å². The highest BCUT2D eigenvalue weighted by Crippen LogP contribution is 2.20. The molecule has 0 fully saturated rings. The van der Waals surface area contributed by atoms with E-state index >= 15 is 0 Å². The molecule has 2 aromatic carbocycles. The Kier molecular flexibility index (Phi) is 4.74. The minimum atomic E-state index is 0.131. The first-order valence-electron chi connectivity index (χ1n) is 6.19. The van der Waals surface area contributed by atoms with E-state index in [4.69, 9.17) is 4.74 Å². The summed E-state index contributed by atoms with van der Waals surface area (Å²) < 4.78 is 5.52. The Balaban J connectivity index is 1.98. The third kappa shape index (κ3) is 3.57. The first-order valence-corrected chi connectivity index (χ1v) is 6.19. The summed E-state index contributed by atoms with van der Waals surface area (Å²) in [6, 6.07) is 20.6. The van der Waals surface area contributed by atoms with Crippen LogP contribution in [0.4, 0.5) is 0 Å². The van der Waals surface area contributed by atoms with E-state index in [1.54, 1.807) is 7.11 Å². The predicted molar refractivity (Wildman–Crippen MR) is 76.3 cm³/mol. The van der Waals surface area contributed by atoms with Gasteiger partial charge in [0.2, 0.25) is 0 Å². The van der Waals surface area contributed by atoms with E-state index in [2.05, 4.69) is 36.4 Å². The Labute approximate surface area is 109 Å². The summed E-state index contributed by atoms with van der Waals surface area (Å²) in [6.07, 6.45) is 5.31. The average molecular weight is 238 g/mol. The maximum Gasteiger partial charge on any atom is 0.0855 e. The van der Waals surface area contributed by atoms with Gasteiger partial charge in [-0.25, -0.2) is 0 Å². The van der Waals surface area contributed by atoms with E-state index < -0.39 is 0 Å². The van der Waals surface area contributed by atoms with Crippen LogP contribution in [0.5, 0.6) is 0 Å². The molecule has 0 bridgehead atoms. The molecule has 2 aromatic rings. The molecule has 0 saturated heterocycles. The van der Waals surface area contributed by atoms with Crippen molar-refractivity contribution in [3.8, 4) is 0 Å². The van der Waals surface area contributed by atoms with Gasteiger partial charge in [0.1, 0.15) is 0 Å². The zero-order valence-corrected chi connectivity index (χ0v) is 10.6. The van der Waals surface area contributed by atoms with Gasteiger partial charge in [-0.15, -0.1) is 0 Å². The standard InChI is InChI=1S/C17H18O/c1-18-17(16-12-6-3-7-13-16)14-8-11-15-9-4-2-5-10-15/h2-13,17H,14H2,1H3/b11-8+. The quantitative estimate of drug-likeness (QED) is 0.746. The zero-order valence-electron chi connectivity index (χ0n) is 10.6. The smallest absolute Gasteiger partial charge is 0.0855 e. The fourth-order valence-corrected chi connectivity index (χ4v) is 1.93. The Morgan fingerprint density at radius 2 is 1.56 bits per heavy atom. The lowest BCUT2D eigenvalue weighted by molar-refractivity contribution is 0.106. The highest BCUT2D eigenvalue weighted by molar-refractivity contribution is 5.48. The van der Waals surface area contributed by atoms with Gasteiger partial charge >= 0.3 is 0 Å². The molecule has 92 valence electrons. The Morgan fingerprint density at radius 1 is 0.944 bits per heavy atom. The van der Waals surface area contributed by atoms with Crippen molar-refractivity contribution in [3.63, 3.8) is 0 Å². The molecule has 1 atom stereocenters. The van der Waals surface area contributed by atoms with Gasteiger partial charge in [-0.1, -0.05) is 72.8 Å². The van der Waals surface area contributed by atoms with Crippen molar-refractivity contribution in [2.45, 2.75) is 12.5 Å². The second-order valence-corrected chi connectivity index (χ2v) is 4.18.